The molecule has 4 nitrogen and oxygen atoms in total. The van der Waals surface area contributed by atoms with E-state index in [4.69, 9.17) is 5.11 Å². The van der Waals surface area contributed by atoms with Crippen molar-refractivity contribution in [2.45, 2.75) is 0 Å². The van der Waals surface area contributed by atoms with Gasteiger partial charge in [0.05, 0.1) is 22.9 Å². The number of aromatic carboxylic acids is 1. The summed E-state index contributed by atoms with van der Waals surface area (Å²) in [6, 6.07) is 4.98. The maximum absolute atomic E-state index is 10.7. The van der Waals surface area contributed by atoms with Crippen LogP contribution < -0.4 is 0 Å². The van der Waals surface area contributed by atoms with Crippen LogP contribution in [0.2, 0.25) is 0 Å². The molecule has 0 aliphatic rings. The fourth-order valence-electron chi connectivity index (χ4n) is 1.14. The van der Waals surface area contributed by atoms with E-state index < -0.39 is 5.97 Å². The van der Waals surface area contributed by atoms with Crippen LogP contribution in [-0.4, -0.2) is 80.2 Å². The molecule has 64 valence electrons. The Hall–Kier alpha value is 0.160. The number of aromatic amines is 1. The van der Waals surface area contributed by atoms with Crippen molar-refractivity contribution in [3.05, 3.63) is 30.1 Å². The second kappa shape index (κ2) is 5.90. The van der Waals surface area contributed by atoms with Gasteiger partial charge in [-0.05, 0) is 12.1 Å². The van der Waals surface area contributed by atoms with Crippen LogP contribution in [0.5, 0.6) is 0 Å². The molecule has 1 aromatic carbocycles. The van der Waals surface area contributed by atoms with E-state index in [1.54, 1.807) is 18.2 Å². The minimum absolute atomic E-state index is 0. The number of nitrogens with zero attached hydrogens (tertiary/aromatic N) is 1. The predicted octanol–water partition coefficient (Wildman–Crippen LogP) is -0.0359. The molecule has 0 aliphatic carbocycles. The van der Waals surface area contributed by atoms with Gasteiger partial charge in [-0.3, -0.25) is 0 Å². The summed E-state index contributed by atoms with van der Waals surface area (Å²) >= 11 is 0. The Kier molecular flexibility index (Phi) is 5.97. The number of carbonyl (C=O) groups is 1. The van der Waals surface area contributed by atoms with Crippen molar-refractivity contribution in [1.82, 2.24) is 9.97 Å². The van der Waals surface area contributed by atoms with E-state index >= 15 is 0 Å². The average molecular weight is 210 g/mol. The molecule has 0 radical (unpaired) electrons. The number of H-pyrrole nitrogens is 1. The third kappa shape index (κ3) is 2.59. The van der Waals surface area contributed by atoms with E-state index in [1.165, 1.54) is 6.33 Å². The van der Waals surface area contributed by atoms with Crippen LogP contribution in [0.15, 0.2) is 24.5 Å². The number of carboxylic acid groups (broad SMARTS) is 1. The molecule has 2 rings (SSSR count). The molecule has 14 heavy (non-hydrogen) atoms. The van der Waals surface area contributed by atoms with Gasteiger partial charge < -0.3 is 10.1 Å². The molecule has 0 spiro atoms. The van der Waals surface area contributed by atoms with Gasteiger partial charge >= 0.3 is 65.1 Å². The van der Waals surface area contributed by atoms with Crippen molar-refractivity contribution in [3.8, 4) is 0 Å². The number of aromatic nitrogens is 2. The zero-order valence-electron chi connectivity index (χ0n) is 6.11. The number of imidazole rings is 1. The zero-order chi connectivity index (χ0) is 8.55. The van der Waals surface area contributed by atoms with Crippen molar-refractivity contribution in [2.24, 2.45) is 0 Å². The summed E-state index contributed by atoms with van der Waals surface area (Å²) in [5.74, 6) is -0.940. The SMILES string of the molecule is O=C(O)c1cccc2nc[nH]c12.[NaH].[NaH]. The summed E-state index contributed by atoms with van der Waals surface area (Å²) in [4.78, 5) is 17.4. The first kappa shape index (κ1) is 14.2. The minimum atomic E-state index is -0.940. The Morgan fingerprint density at radius 1 is 1.36 bits per heavy atom. The van der Waals surface area contributed by atoms with Gasteiger partial charge in [0.25, 0.3) is 0 Å². The Labute approximate surface area is 125 Å². The molecule has 0 aliphatic heterocycles. The number of hydrogen-bond donors (Lipinski definition) is 2. The number of hydrogen-bond acceptors (Lipinski definition) is 2. The maximum atomic E-state index is 10.7. The number of para-hydroxylation sites is 1. The fourth-order valence-corrected chi connectivity index (χ4v) is 1.14. The number of fused-ring (bicyclic) bond motifs is 1. The summed E-state index contributed by atoms with van der Waals surface area (Å²) in [6.07, 6.45) is 1.48. The molecular formula is C8H8N2Na2O2. The van der Waals surface area contributed by atoms with E-state index in [0.717, 1.165) is 0 Å². The normalized spacial score (nSPS) is 8.86. The van der Waals surface area contributed by atoms with Crippen LogP contribution in [-0.2, 0) is 0 Å². The molecule has 0 unspecified atom stereocenters. The van der Waals surface area contributed by atoms with Crippen molar-refractivity contribution < 1.29 is 9.90 Å². The number of nitrogens with one attached hydrogen (secondary N) is 1. The molecule has 0 amide bonds. The summed E-state index contributed by atoms with van der Waals surface area (Å²) in [5, 5.41) is 8.75. The first-order valence-corrected chi connectivity index (χ1v) is 3.44. The predicted molar refractivity (Wildman–Crippen MR) is 57.4 cm³/mol. The molecule has 2 aromatic rings. The van der Waals surface area contributed by atoms with Crippen LogP contribution in [0, 0.1) is 0 Å². The van der Waals surface area contributed by atoms with Gasteiger partial charge in [-0.2, -0.15) is 0 Å². The molecular weight excluding hydrogens is 202 g/mol. The first-order valence-electron chi connectivity index (χ1n) is 3.44. The van der Waals surface area contributed by atoms with E-state index in [0.29, 0.717) is 11.0 Å². The summed E-state index contributed by atoms with van der Waals surface area (Å²) in [7, 11) is 0. The number of carboxylic acids is 1. The second-order valence-electron chi connectivity index (χ2n) is 2.41. The standard InChI is InChI=1S/C8H6N2O2.2Na.2H/c11-8(12)5-2-1-3-6-7(5)10-4-9-6;;;;/h1-4H,(H,9,10)(H,11,12);;;;. The van der Waals surface area contributed by atoms with E-state index in [2.05, 4.69) is 9.97 Å². The molecule has 0 atom stereocenters. The Balaban J connectivity index is 0.000000845. The van der Waals surface area contributed by atoms with Crippen molar-refractivity contribution in [2.75, 3.05) is 0 Å². The third-order valence-corrected chi connectivity index (χ3v) is 1.69. The molecule has 0 fully saturated rings. The van der Waals surface area contributed by atoms with Crippen LogP contribution in [0.25, 0.3) is 11.0 Å². The zero-order valence-corrected chi connectivity index (χ0v) is 6.11. The Morgan fingerprint density at radius 3 is 2.71 bits per heavy atom. The quantitative estimate of drug-likeness (QED) is 0.649. The van der Waals surface area contributed by atoms with Gasteiger partial charge in [0.2, 0.25) is 0 Å². The fraction of sp³-hybridized carbons (Fsp3) is 0. The molecule has 1 aromatic heterocycles. The molecule has 1 heterocycles. The second-order valence-corrected chi connectivity index (χ2v) is 2.41. The van der Waals surface area contributed by atoms with Gasteiger partial charge in [0.15, 0.2) is 0 Å². The van der Waals surface area contributed by atoms with Crippen LogP contribution in [0.4, 0.5) is 0 Å². The third-order valence-electron chi connectivity index (χ3n) is 1.69. The van der Waals surface area contributed by atoms with Crippen LogP contribution >= 0.6 is 0 Å². The Morgan fingerprint density at radius 2 is 2.07 bits per heavy atom. The van der Waals surface area contributed by atoms with Gasteiger partial charge in [0.1, 0.15) is 0 Å². The van der Waals surface area contributed by atoms with Gasteiger partial charge in [-0.15, -0.1) is 0 Å². The van der Waals surface area contributed by atoms with E-state index in [1.807, 2.05) is 0 Å². The number of benzene rings is 1. The molecule has 2 N–H and O–H groups in total. The van der Waals surface area contributed by atoms with Gasteiger partial charge in [-0.25, -0.2) is 9.78 Å². The van der Waals surface area contributed by atoms with Crippen molar-refractivity contribution >= 4 is 76.1 Å². The Bertz CT molecular complexity index is 442. The summed E-state index contributed by atoms with van der Waals surface area (Å²) in [6.45, 7) is 0. The van der Waals surface area contributed by atoms with Crippen molar-refractivity contribution in [1.29, 1.82) is 0 Å². The van der Waals surface area contributed by atoms with Gasteiger partial charge in [0, 0.05) is 0 Å². The van der Waals surface area contributed by atoms with Gasteiger partial charge in [-0.1, -0.05) is 6.07 Å². The van der Waals surface area contributed by atoms with E-state index in [-0.39, 0.29) is 64.7 Å². The molecule has 0 saturated carbocycles. The average Bonchev–Trinajstić information content (AvgIpc) is 2.49. The number of rotatable bonds is 1. The van der Waals surface area contributed by atoms with Crippen LogP contribution in [0.3, 0.4) is 0 Å². The summed E-state index contributed by atoms with van der Waals surface area (Å²) < 4.78 is 0. The molecule has 6 heteroatoms. The first-order chi connectivity index (χ1) is 5.79. The van der Waals surface area contributed by atoms with Crippen molar-refractivity contribution in [3.63, 3.8) is 0 Å². The van der Waals surface area contributed by atoms with E-state index in [9.17, 15) is 4.79 Å². The molecule has 0 saturated heterocycles. The topological polar surface area (TPSA) is 66.0 Å². The monoisotopic (exact) mass is 210 g/mol. The molecule has 0 bridgehead atoms. The summed E-state index contributed by atoms with van der Waals surface area (Å²) in [5.41, 5.74) is 1.50. The van der Waals surface area contributed by atoms with Crippen LogP contribution in [0.1, 0.15) is 10.4 Å².